The van der Waals surface area contributed by atoms with Gasteiger partial charge in [0.2, 0.25) is 5.91 Å². The van der Waals surface area contributed by atoms with Gasteiger partial charge in [0.1, 0.15) is 6.54 Å². The minimum absolute atomic E-state index is 0.163. The number of hydrogen-bond donors (Lipinski definition) is 1. The molecule has 0 spiro atoms. The molecule has 0 unspecified atom stereocenters. The maximum Gasteiger partial charge on any atom is 0.264 e. The van der Waals surface area contributed by atoms with E-state index >= 15 is 0 Å². The van der Waals surface area contributed by atoms with Crippen molar-refractivity contribution < 1.29 is 13.2 Å². The Morgan fingerprint density at radius 1 is 0.941 bits per heavy atom. The van der Waals surface area contributed by atoms with Gasteiger partial charge < -0.3 is 5.32 Å². The zero-order valence-electron chi connectivity index (χ0n) is 19.8. The summed E-state index contributed by atoms with van der Waals surface area (Å²) in [6.45, 7) is 3.63. The Labute approximate surface area is 202 Å². The van der Waals surface area contributed by atoms with Gasteiger partial charge >= 0.3 is 0 Å². The molecule has 1 N–H and O–H groups in total. The summed E-state index contributed by atoms with van der Waals surface area (Å²) < 4.78 is 28.4. The highest BCUT2D eigenvalue weighted by Crippen LogP contribution is 2.28. The molecule has 1 amide bonds. The largest absolute Gasteiger partial charge is 0.348 e. The van der Waals surface area contributed by atoms with E-state index in [4.69, 9.17) is 0 Å². The Morgan fingerprint density at radius 2 is 1.62 bits per heavy atom. The number of aryl methyl sites for hydroxylation is 3. The molecular weight excluding hydrogens is 444 g/mol. The zero-order chi connectivity index (χ0) is 24.1. The van der Waals surface area contributed by atoms with Crippen LogP contribution in [0.3, 0.4) is 0 Å². The van der Waals surface area contributed by atoms with Crippen molar-refractivity contribution in [3.8, 4) is 0 Å². The predicted octanol–water partition coefficient (Wildman–Crippen LogP) is 5.20. The van der Waals surface area contributed by atoms with Gasteiger partial charge in [0.25, 0.3) is 10.0 Å². The molecular formula is C28H32N2O3S. The van der Waals surface area contributed by atoms with Gasteiger partial charge in [0.05, 0.1) is 16.6 Å². The number of fused-ring (bicyclic) bond motifs is 1. The van der Waals surface area contributed by atoms with Crippen LogP contribution in [0.2, 0.25) is 0 Å². The number of hydrogen-bond acceptors (Lipinski definition) is 3. The quantitative estimate of drug-likeness (QED) is 0.486. The lowest BCUT2D eigenvalue weighted by Crippen LogP contribution is -2.42. The number of nitrogens with zero attached hydrogens (tertiary/aromatic N) is 1. The first kappa shape index (κ1) is 24.0. The molecule has 0 bridgehead atoms. The molecule has 178 valence electrons. The van der Waals surface area contributed by atoms with Crippen LogP contribution in [0.4, 0.5) is 5.69 Å². The second kappa shape index (κ2) is 10.4. The van der Waals surface area contributed by atoms with Crippen LogP contribution in [0.15, 0.2) is 77.7 Å². The average molecular weight is 477 g/mol. The molecule has 1 atom stereocenters. The van der Waals surface area contributed by atoms with Crippen molar-refractivity contribution in [2.75, 3.05) is 10.8 Å². The summed E-state index contributed by atoms with van der Waals surface area (Å²) in [4.78, 5) is 13.3. The fourth-order valence-corrected chi connectivity index (χ4v) is 6.08. The number of rotatable bonds is 8. The Balaban J connectivity index is 1.59. The first-order chi connectivity index (χ1) is 16.4. The number of amides is 1. The molecule has 0 aromatic heterocycles. The topological polar surface area (TPSA) is 66.5 Å². The van der Waals surface area contributed by atoms with Crippen LogP contribution in [0, 0.1) is 0 Å². The number of para-hydroxylation sites is 1. The summed E-state index contributed by atoms with van der Waals surface area (Å²) in [5, 5.41) is 3.02. The maximum absolute atomic E-state index is 13.6. The third-order valence-corrected chi connectivity index (χ3v) is 8.28. The summed E-state index contributed by atoms with van der Waals surface area (Å²) in [6.07, 6.45) is 5.26. The first-order valence-electron chi connectivity index (χ1n) is 12.0. The van der Waals surface area contributed by atoms with Gasteiger partial charge in [-0.05, 0) is 79.5 Å². The van der Waals surface area contributed by atoms with Crippen LogP contribution in [0.5, 0.6) is 0 Å². The smallest absolute Gasteiger partial charge is 0.264 e. The van der Waals surface area contributed by atoms with Crippen LogP contribution in [0.1, 0.15) is 55.0 Å². The Morgan fingerprint density at radius 3 is 2.35 bits per heavy atom. The normalized spacial score (nSPS) is 14.2. The van der Waals surface area contributed by atoms with E-state index in [1.165, 1.54) is 28.3 Å². The van der Waals surface area contributed by atoms with E-state index in [0.717, 1.165) is 24.0 Å². The van der Waals surface area contributed by atoms with Crippen LogP contribution < -0.4 is 9.62 Å². The second-order valence-electron chi connectivity index (χ2n) is 8.83. The van der Waals surface area contributed by atoms with E-state index in [9.17, 15) is 13.2 Å². The molecule has 0 fully saturated rings. The first-order valence-corrected chi connectivity index (χ1v) is 13.4. The van der Waals surface area contributed by atoms with Crippen molar-refractivity contribution in [3.05, 3.63) is 95.1 Å². The monoisotopic (exact) mass is 476 g/mol. The van der Waals surface area contributed by atoms with E-state index < -0.39 is 10.0 Å². The molecule has 5 nitrogen and oxygen atoms in total. The lowest BCUT2D eigenvalue weighted by Gasteiger charge is -2.27. The van der Waals surface area contributed by atoms with E-state index in [-0.39, 0.29) is 23.4 Å². The second-order valence-corrected chi connectivity index (χ2v) is 10.7. The predicted molar refractivity (Wildman–Crippen MR) is 136 cm³/mol. The van der Waals surface area contributed by atoms with Gasteiger partial charge in [0, 0.05) is 0 Å². The van der Waals surface area contributed by atoms with Crippen LogP contribution in [-0.4, -0.2) is 20.9 Å². The SMILES string of the molecule is CCc1ccccc1N(CC(=O)N[C@@H](C)c1ccc2c(c1)CCCC2)S(=O)(=O)c1ccccc1. The molecule has 0 saturated heterocycles. The molecule has 1 aliphatic rings. The molecule has 34 heavy (non-hydrogen) atoms. The summed E-state index contributed by atoms with van der Waals surface area (Å²) >= 11 is 0. The van der Waals surface area contributed by atoms with Crippen molar-refractivity contribution >= 4 is 21.6 Å². The maximum atomic E-state index is 13.6. The molecule has 3 aromatic carbocycles. The van der Waals surface area contributed by atoms with Crippen molar-refractivity contribution in [1.29, 1.82) is 0 Å². The molecule has 6 heteroatoms. The number of benzene rings is 3. The fraction of sp³-hybridized carbons (Fsp3) is 0.321. The molecule has 0 aliphatic heterocycles. The minimum atomic E-state index is -3.92. The van der Waals surface area contributed by atoms with Gasteiger partial charge in [-0.2, -0.15) is 0 Å². The molecule has 0 heterocycles. The third-order valence-electron chi connectivity index (χ3n) is 6.51. The number of carbonyl (C=O) groups excluding carboxylic acids is 1. The van der Waals surface area contributed by atoms with Gasteiger partial charge in [-0.25, -0.2) is 8.42 Å². The van der Waals surface area contributed by atoms with Crippen molar-refractivity contribution in [2.24, 2.45) is 0 Å². The summed E-state index contributed by atoms with van der Waals surface area (Å²) in [5.41, 5.74) is 5.20. The molecule has 1 aliphatic carbocycles. The van der Waals surface area contributed by atoms with E-state index in [1.54, 1.807) is 42.5 Å². The Hall–Kier alpha value is -3.12. The van der Waals surface area contributed by atoms with E-state index in [1.807, 2.05) is 26.0 Å². The van der Waals surface area contributed by atoms with E-state index in [0.29, 0.717) is 12.1 Å². The summed E-state index contributed by atoms with van der Waals surface area (Å²) in [7, 11) is -3.92. The number of nitrogens with one attached hydrogen (secondary N) is 1. The summed E-state index contributed by atoms with van der Waals surface area (Å²) in [6, 6.07) is 21.8. The highest BCUT2D eigenvalue weighted by molar-refractivity contribution is 7.92. The standard InChI is InChI=1S/C28H32N2O3S/c1-3-22-11-9-10-16-27(22)30(34(32,33)26-14-5-4-6-15-26)20-28(31)29-21(2)24-18-17-23-12-7-8-13-25(23)19-24/h4-6,9-11,14-19,21H,3,7-8,12-13,20H2,1-2H3,(H,29,31)/t21-/m0/s1. The molecule has 4 rings (SSSR count). The lowest BCUT2D eigenvalue weighted by molar-refractivity contribution is -0.120. The molecule has 3 aromatic rings. The number of sulfonamides is 1. The van der Waals surface area contributed by atoms with Gasteiger partial charge in [0.15, 0.2) is 0 Å². The van der Waals surface area contributed by atoms with Gasteiger partial charge in [-0.1, -0.05) is 61.5 Å². The number of anilines is 1. The van der Waals surface area contributed by atoms with Crippen molar-refractivity contribution in [2.45, 2.75) is 56.9 Å². The van der Waals surface area contributed by atoms with Gasteiger partial charge in [-0.15, -0.1) is 0 Å². The van der Waals surface area contributed by atoms with Crippen molar-refractivity contribution in [3.63, 3.8) is 0 Å². The Bertz CT molecular complexity index is 1260. The van der Waals surface area contributed by atoms with Gasteiger partial charge in [-0.3, -0.25) is 9.10 Å². The minimum Gasteiger partial charge on any atom is -0.348 e. The zero-order valence-corrected chi connectivity index (χ0v) is 20.6. The number of carbonyl (C=O) groups is 1. The van der Waals surface area contributed by atoms with Crippen LogP contribution in [-0.2, 0) is 34.1 Å². The molecule has 0 saturated carbocycles. The lowest BCUT2D eigenvalue weighted by atomic mass is 9.89. The van der Waals surface area contributed by atoms with Crippen LogP contribution in [0.25, 0.3) is 0 Å². The molecule has 0 radical (unpaired) electrons. The summed E-state index contributed by atoms with van der Waals surface area (Å²) in [5.74, 6) is -0.337. The highest BCUT2D eigenvalue weighted by Gasteiger charge is 2.29. The third kappa shape index (κ3) is 5.17. The van der Waals surface area contributed by atoms with E-state index in [2.05, 4.69) is 23.5 Å². The highest BCUT2D eigenvalue weighted by atomic mass is 32.2. The van der Waals surface area contributed by atoms with Crippen LogP contribution >= 0.6 is 0 Å². The Kier molecular flexibility index (Phi) is 7.37. The fourth-order valence-electron chi connectivity index (χ4n) is 4.60. The average Bonchev–Trinajstić information content (AvgIpc) is 2.87. The van der Waals surface area contributed by atoms with Crippen molar-refractivity contribution in [1.82, 2.24) is 5.32 Å².